The molecule has 0 radical (unpaired) electrons. The van der Waals surface area contributed by atoms with E-state index in [0.717, 1.165) is 51.1 Å². The van der Waals surface area contributed by atoms with Gasteiger partial charge in [-0.15, -0.1) is 11.3 Å². The van der Waals surface area contributed by atoms with Crippen LogP contribution in [0, 0.1) is 5.92 Å². The van der Waals surface area contributed by atoms with Crippen molar-refractivity contribution in [2.75, 3.05) is 50.8 Å². The summed E-state index contributed by atoms with van der Waals surface area (Å²) in [6.45, 7) is 6.96. The van der Waals surface area contributed by atoms with Crippen LogP contribution in [0.25, 0.3) is 0 Å². The molecule has 0 aliphatic carbocycles. The van der Waals surface area contributed by atoms with Gasteiger partial charge in [-0.05, 0) is 0 Å². The standard InChI is InChI=1S/C12H20N4OS/c13-11-9-17-8-10(11)7-15-2-4-16(5-3-15)12-14-1-6-18-12/h1,6,10-11H,2-5,7-9,13H2. The van der Waals surface area contributed by atoms with Crippen molar-refractivity contribution in [2.45, 2.75) is 6.04 Å². The molecule has 18 heavy (non-hydrogen) atoms. The first-order valence-corrected chi connectivity index (χ1v) is 7.41. The van der Waals surface area contributed by atoms with Gasteiger partial charge in [-0.3, -0.25) is 4.90 Å². The van der Waals surface area contributed by atoms with Gasteiger partial charge < -0.3 is 15.4 Å². The molecule has 2 unspecified atom stereocenters. The van der Waals surface area contributed by atoms with Crippen LogP contribution in [-0.2, 0) is 4.74 Å². The molecule has 5 nitrogen and oxygen atoms in total. The summed E-state index contributed by atoms with van der Waals surface area (Å²) in [7, 11) is 0. The summed E-state index contributed by atoms with van der Waals surface area (Å²) in [5.74, 6) is 0.511. The molecule has 2 saturated heterocycles. The van der Waals surface area contributed by atoms with Crippen molar-refractivity contribution in [1.29, 1.82) is 0 Å². The smallest absolute Gasteiger partial charge is 0.185 e. The quantitative estimate of drug-likeness (QED) is 0.851. The Labute approximate surface area is 112 Å². The second-order valence-electron chi connectivity index (χ2n) is 5.06. The summed E-state index contributed by atoms with van der Waals surface area (Å²) in [6, 6.07) is 0.224. The monoisotopic (exact) mass is 268 g/mol. The number of ether oxygens (including phenoxy) is 1. The highest BCUT2D eigenvalue weighted by Crippen LogP contribution is 2.20. The first-order valence-electron chi connectivity index (χ1n) is 6.53. The second kappa shape index (κ2) is 5.52. The molecule has 1 aromatic heterocycles. The zero-order valence-corrected chi connectivity index (χ0v) is 11.3. The van der Waals surface area contributed by atoms with Crippen molar-refractivity contribution in [3.63, 3.8) is 0 Å². The molecule has 2 aliphatic heterocycles. The van der Waals surface area contributed by atoms with E-state index in [-0.39, 0.29) is 6.04 Å². The van der Waals surface area contributed by atoms with Crippen LogP contribution in [0.3, 0.4) is 0 Å². The van der Waals surface area contributed by atoms with Gasteiger partial charge in [-0.1, -0.05) is 0 Å². The average molecular weight is 268 g/mol. The Hall–Kier alpha value is -0.690. The van der Waals surface area contributed by atoms with E-state index in [0.29, 0.717) is 5.92 Å². The topological polar surface area (TPSA) is 54.6 Å². The first-order chi connectivity index (χ1) is 8.83. The molecular formula is C12H20N4OS. The van der Waals surface area contributed by atoms with Crippen LogP contribution < -0.4 is 10.6 Å². The van der Waals surface area contributed by atoms with E-state index in [2.05, 4.69) is 14.8 Å². The van der Waals surface area contributed by atoms with Crippen LogP contribution in [0.5, 0.6) is 0 Å². The Balaban J connectivity index is 1.48. The van der Waals surface area contributed by atoms with Gasteiger partial charge in [-0.2, -0.15) is 0 Å². The van der Waals surface area contributed by atoms with E-state index >= 15 is 0 Å². The Morgan fingerprint density at radius 2 is 2.17 bits per heavy atom. The number of nitrogens with two attached hydrogens (primary N) is 1. The van der Waals surface area contributed by atoms with Gasteiger partial charge in [0.2, 0.25) is 0 Å². The highest BCUT2D eigenvalue weighted by Gasteiger charge is 2.28. The number of hydrogen-bond donors (Lipinski definition) is 1. The molecule has 3 rings (SSSR count). The fourth-order valence-corrected chi connectivity index (χ4v) is 3.33. The maximum Gasteiger partial charge on any atom is 0.185 e. The lowest BCUT2D eigenvalue weighted by molar-refractivity contribution is 0.164. The molecule has 0 spiro atoms. The maximum absolute atomic E-state index is 6.03. The minimum absolute atomic E-state index is 0.224. The van der Waals surface area contributed by atoms with Crippen molar-refractivity contribution < 1.29 is 4.74 Å². The average Bonchev–Trinajstić information content (AvgIpc) is 3.03. The van der Waals surface area contributed by atoms with Crippen LogP contribution in [0.15, 0.2) is 11.6 Å². The third-order valence-electron chi connectivity index (χ3n) is 3.80. The van der Waals surface area contributed by atoms with Crippen LogP contribution in [-0.4, -0.2) is 61.9 Å². The van der Waals surface area contributed by atoms with Gasteiger partial charge in [0.25, 0.3) is 0 Å². The third kappa shape index (κ3) is 2.66. The molecule has 0 aromatic carbocycles. The Bertz CT molecular complexity index is 364. The van der Waals surface area contributed by atoms with E-state index in [4.69, 9.17) is 10.5 Å². The van der Waals surface area contributed by atoms with Crippen molar-refractivity contribution in [2.24, 2.45) is 11.7 Å². The second-order valence-corrected chi connectivity index (χ2v) is 5.94. The fourth-order valence-electron chi connectivity index (χ4n) is 2.63. The zero-order valence-electron chi connectivity index (χ0n) is 10.5. The van der Waals surface area contributed by atoms with E-state index in [1.54, 1.807) is 11.3 Å². The largest absolute Gasteiger partial charge is 0.379 e. The van der Waals surface area contributed by atoms with Gasteiger partial charge in [0.1, 0.15) is 0 Å². The predicted molar refractivity (Wildman–Crippen MR) is 73.1 cm³/mol. The summed E-state index contributed by atoms with van der Waals surface area (Å²) in [6.07, 6.45) is 1.88. The van der Waals surface area contributed by atoms with Crippen LogP contribution in [0.1, 0.15) is 0 Å². The van der Waals surface area contributed by atoms with E-state index in [9.17, 15) is 0 Å². The van der Waals surface area contributed by atoms with Crippen molar-refractivity contribution >= 4 is 16.5 Å². The van der Waals surface area contributed by atoms with Gasteiger partial charge in [-0.25, -0.2) is 4.98 Å². The normalized spacial score (nSPS) is 29.9. The lowest BCUT2D eigenvalue weighted by Gasteiger charge is -2.36. The number of rotatable bonds is 3. The van der Waals surface area contributed by atoms with E-state index < -0.39 is 0 Å². The number of thiazole rings is 1. The molecule has 0 bridgehead atoms. The molecule has 0 saturated carbocycles. The lowest BCUT2D eigenvalue weighted by Crippen LogP contribution is -2.49. The summed E-state index contributed by atoms with van der Waals surface area (Å²) >= 11 is 1.72. The molecule has 100 valence electrons. The number of hydrogen-bond acceptors (Lipinski definition) is 6. The molecule has 6 heteroatoms. The van der Waals surface area contributed by atoms with Gasteiger partial charge in [0.15, 0.2) is 5.13 Å². The highest BCUT2D eigenvalue weighted by molar-refractivity contribution is 7.13. The number of piperazine rings is 1. The first kappa shape index (κ1) is 12.3. The predicted octanol–water partition coefficient (Wildman–Crippen LogP) is 0.239. The Morgan fingerprint density at radius 1 is 1.33 bits per heavy atom. The minimum Gasteiger partial charge on any atom is -0.379 e. The molecule has 0 amide bonds. The van der Waals surface area contributed by atoms with Crippen molar-refractivity contribution in [3.05, 3.63) is 11.6 Å². The van der Waals surface area contributed by atoms with Gasteiger partial charge in [0, 0.05) is 56.3 Å². The minimum atomic E-state index is 0.224. The van der Waals surface area contributed by atoms with E-state index in [1.807, 2.05) is 11.6 Å². The third-order valence-corrected chi connectivity index (χ3v) is 4.63. The van der Waals surface area contributed by atoms with Crippen LogP contribution >= 0.6 is 11.3 Å². The molecule has 2 N–H and O–H groups in total. The van der Waals surface area contributed by atoms with Crippen molar-refractivity contribution in [3.8, 4) is 0 Å². The van der Waals surface area contributed by atoms with E-state index in [1.165, 1.54) is 0 Å². The Morgan fingerprint density at radius 3 is 2.78 bits per heavy atom. The van der Waals surface area contributed by atoms with Crippen molar-refractivity contribution in [1.82, 2.24) is 9.88 Å². The molecule has 3 heterocycles. The SMILES string of the molecule is NC1COCC1CN1CCN(c2nccs2)CC1. The summed E-state index contributed by atoms with van der Waals surface area (Å²) in [5, 5.41) is 3.19. The summed E-state index contributed by atoms with van der Waals surface area (Å²) < 4.78 is 5.42. The summed E-state index contributed by atoms with van der Waals surface area (Å²) in [4.78, 5) is 9.24. The molecule has 2 atom stereocenters. The number of nitrogens with zero attached hydrogens (tertiary/aromatic N) is 3. The number of anilines is 1. The fraction of sp³-hybridized carbons (Fsp3) is 0.750. The summed E-state index contributed by atoms with van der Waals surface area (Å²) in [5.41, 5.74) is 6.03. The molecular weight excluding hydrogens is 248 g/mol. The Kier molecular flexibility index (Phi) is 3.79. The van der Waals surface area contributed by atoms with Crippen LogP contribution in [0.2, 0.25) is 0 Å². The molecule has 2 fully saturated rings. The molecule has 2 aliphatic rings. The lowest BCUT2D eigenvalue weighted by atomic mass is 10.0. The number of aromatic nitrogens is 1. The van der Waals surface area contributed by atoms with Gasteiger partial charge in [0.05, 0.1) is 13.2 Å². The highest BCUT2D eigenvalue weighted by atomic mass is 32.1. The maximum atomic E-state index is 6.03. The molecule has 1 aromatic rings. The van der Waals surface area contributed by atoms with Gasteiger partial charge >= 0.3 is 0 Å². The zero-order chi connectivity index (χ0) is 12.4. The van der Waals surface area contributed by atoms with Crippen LogP contribution in [0.4, 0.5) is 5.13 Å².